The number of unbranched alkanes of at least 4 members (excludes halogenated alkanes) is 1. The third-order valence-corrected chi connectivity index (χ3v) is 1.74. The van der Waals surface area contributed by atoms with Crippen LogP contribution in [-0.2, 0) is 10.0 Å². The maximum atomic E-state index is 10.2. The smallest absolute Gasteiger partial charge is 0.209 e. The maximum absolute atomic E-state index is 10.2. The summed E-state index contributed by atoms with van der Waals surface area (Å²) in [5, 5.41) is 4.71. The maximum Gasteiger partial charge on any atom is 0.209 e. The van der Waals surface area contributed by atoms with E-state index in [-0.39, 0.29) is 18.2 Å². The molecule has 10 heavy (non-hydrogen) atoms. The summed E-state index contributed by atoms with van der Waals surface area (Å²) in [5.41, 5.74) is 5.12. The van der Waals surface area contributed by atoms with Crippen LogP contribution in [0.4, 0.5) is 0 Å². The van der Waals surface area contributed by atoms with Crippen molar-refractivity contribution in [3.8, 4) is 0 Å². The van der Waals surface area contributed by atoms with E-state index < -0.39 is 10.0 Å². The fourth-order valence-electron chi connectivity index (χ4n) is 0.448. The van der Waals surface area contributed by atoms with E-state index in [9.17, 15) is 8.42 Å². The van der Waals surface area contributed by atoms with Gasteiger partial charge in [0.2, 0.25) is 10.0 Å². The van der Waals surface area contributed by atoms with Crippen molar-refractivity contribution in [1.29, 1.82) is 0 Å². The van der Waals surface area contributed by atoms with Crippen molar-refractivity contribution in [2.75, 3.05) is 12.3 Å². The second kappa shape index (κ2) is 5.91. The summed E-state index contributed by atoms with van der Waals surface area (Å²) in [6.07, 6.45) is 1.28. The molecule has 0 saturated carbocycles. The molecule has 0 aromatic heterocycles. The molecule has 0 unspecified atom stereocenters. The number of primary sulfonamides is 1. The van der Waals surface area contributed by atoms with Crippen molar-refractivity contribution >= 4 is 22.4 Å². The van der Waals surface area contributed by atoms with Crippen LogP contribution in [0.2, 0.25) is 0 Å². The molecule has 0 aliphatic rings. The molecular weight excluding hydrogens is 176 g/mol. The average Bonchev–Trinajstić information content (AvgIpc) is 1.63. The summed E-state index contributed by atoms with van der Waals surface area (Å²) >= 11 is 0. The highest BCUT2D eigenvalue weighted by Gasteiger charge is 1.99. The zero-order valence-electron chi connectivity index (χ0n) is 5.62. The van der Waals surface area contributed by atoms with E-state index in [1.54, 1.807) is 0 Å². The van der Waals surface area contributed by atoms with Gasteiger partial charge in [-0.2, -0.15) is 0 Å². The summed E-state index contributed by atoms with van der Waals surface area (Å²) in [6.45, 7) is 0.523. The third-order valence-electron chi connectivity index (χ3n) is 0.883. The fourth-order valence-corrected chi connectivity index (χ4v) is 1.05. The van der Waals surface area contributed by atoms with Gasteiger partial charge in [-0.25, -0.2) is 13.6 Å². The van der Waals surface area contributed by atoms with Crippen LogP contribution in [0.1, 0.15) is 12.8 Å². The lowest BCUT2D eigenvalue weighted by Gasteiger charge is -1.94. The Kier molecular flexibility index (Phi) is 7.56. The number of nitrogens with two attached hydrogens (primary N) is 2. The molecule has 0 bridgehead atoms. The average molecular weight is 189 g/mol. The molecule has 6 heteroatoms. The monoisotopic (exact) mass is 188 g/mol. The Morgan fingerprint density at radius 2 is 1.70 bits per heavy atom. The zero-order valence-corrected chi connectivity index (χ0v) is 7.25. The Morgan fingerprint density at radius 1 is 1.20 bits per heavy atom. The topological polar surface area (TPSA) is 86.2 Å². The fraction of sp³-hybridized carbons (Fsp3) is 1.00. The van der Waals surface area contributed by atoms with Gasteiger partial charge in [0.05, 0.1) is 5.75 Å². The zero-order chi connectivity index (χ0) is 7.33. The van der Waals surface area contributed by atoms with Crippen molar-refractivity contribution in [2.45, 2.75) is 12.8 Å². The van der Waals surface area contributed by atoms with Gasteiger partial charge in [0.1, 0.15) is 0 Å². The number of hydrogen-bond donors (Lipinski definition) is 2. The first-order valence-electron chi connectivity index (χ1n) is 2.77. The van der Waals surface area contributed by atoms with E-state index >= 15 is 0 Å². The van der Waals surface area contributed by atoms with Crippen molar-refractivity contribution in [3.63, 3.8) is 0 Å². The van der Waals surface area contributed by atoms with Gasteiger partial charge in [-0.05, 0) is 19.4 Å². The lowest BCUT2D eigenvalue weighted by Crippen LogP contribution is -2.17. The van der Waals surface area contributed by atoms with Gasteiger partial charge in [-0.1, -0.05) is 0 Å². The van der Waals surface area contributed by atoms with Gasteiger partial charge in [-0.3, -0.25) is 0 Å². The second-order valence-corrected chi connectivity index (χ2v) is 3.60. The van der Waals surface area contributed by atoms with Crippen LogP contribution < -0.4 is 10.9 Å². The summed E-state index contributed by atoms with van der Waals surface area (Å²) < 4.78 is 20.5. The molecule has 0 aromatic rings. The number of rotatable bonds is 4. The first kappa shape index (κ1) is 12.8. The molecule has 0 aliphatic carbocycles. The molecule has 4 nitrogen and oxygen atoms in total. The Hall–Kier alpha value is 0.160. The van der Waals surface area contributed by atoms with Crippen molar-refractivity contribution in [3.05, 3.63) is 0 Å². The number of sulfonamides is 1. The molecule has 0 aromatic carbocycles. The minimum Gasteiger partial charge on any atom is -0.330 e. The van der Waals surface area contributed by atoms with E-state index in [1.807, 2.05) is 0 Å². The van der Waals surface area contributed by atoms with Gasteiger partial charge < -0.3 is 5.73 Å². The SMILES string of the molecule is Cl.NCCCCS(N)(=O)=O. The number of hydrogen-bond acceptors (Lipinski definition) is 3. The Balaban J connectivity index is 0. The van der Waals surface area contributed by atoms with E-state index in [4.69, 9.17) is 10.9 Å². The molecule has 0 atom stereocenters. The second-order valence-electron chi connectivity index (χ2n) is 1.86. The Bertz CT molecular complexity index is 157. The quantitative estimate of drug-likeness (QED) is 0.580. The molecule has 0 fully saturated rings. The first-order valence-corrected chi connectivity index (χ1v) is 4.48. The number of halogens is 1. The molecule has 0 rings (SSSR count). The molecule has 64 valence electrons. The van der Waals surface area contributed by atoms with Crippen LogP contribution in [0.3, 0.4) is 0 Å². The summed E-state index contributed by atoms with van der Waals surface area (Å²) in [6, 6.07) is 0. The van der Waals surface area contributed by atoms with Crippen LogP contribution in [0.5, 0.6) is 0 Å². The normalized spacial score (nSPS) is 10.6. The summed E-state index contributed by atoms with van der Waals surface area (Å²) in [5.74, 6) is 0.0458. The Morgan fingerprint density at radius 3 is 2.00 bits per heavy atom. The van der Waals surface area contributed by atoms with E-state index in [0.717, 1.165) is 6.42 Å². The van der Waals surface area contributed by atoms with Crippen LogP contribution in [0.15, 0.2) is 0 Å². The lowest BCUT2D eigenvalue weighted by atomic mass is 10.3. The van der Waals surface area contributed by atoms with Crippen LogP contribution in [0, 0.1) is 0 Å². The molecular formula is C4H13ClN2O2S. The predicted octanol–water partition coefficient (Wildman–Crippen LogP) is -0.564. The molecule has 0 saturated heterocycles. The predicted molar refractivity (Wildman–Crippen MR) is 43.5 cm³/mol. The largest absolute Gasteiger partial charge is 0.330 e. The molecule has 0 radical (unpaired) electrons. The third kappa shape index (κ3) is 11.0. The highest BCUT2D eigenvalue weighted by atomic mass is 35.5. The Labute approximate surface area is 67.4 Å². The molecule has 0 amide bonds. The summed E-state index contributed by atoms with van der Waals surface area (Å²) in [7, 11) is -3.25. The lowest BCUT2D eigenvalue weighted by molar-refractivity contribution is 0.593. The van der Waals surface area contributed by atoms with E-state index in [1.165, 1.54) is 0 Å². The first-order chi connectivity index (χ1) is 4.06. The van der Waals surface area contributed by atoms with Gasteiger partial charge in [0.15, 0.2) is 0 Å². The molecule has 0 spiro atoms. The van der Waals surface area contributed by atoms with Crippen molar-refractivity contribution in [1.82, 2.24) is 0 Å². The van der Waals surface area contributed by atoms with Crippen LogP contribution in [0.25, 0.3) is 0 Å². The van der Waals surface area contributed by atoms with Crippen molar-refractivity contribution in [2.24, 2.45) is 10.9 Å². The molecule has 4 N–H and O–H groups in total. The highest BCUT2D eigenvalue weighted by molar-refractivity contribution is 7.89. The van der Waals surface area contributed by atoms with Crippen molar-refractivity contribution < 1.29 is 8.42 Å². The summed E-state index contributed by atoms with van der Waals surface area (Å²) in [4.78, 5) is 0. The van der Waals surface area contributed by atoms with E-state index in [2.05, 4.69) is 0 Å². The van der Waals surface area contributed by atoms with Crippen LogP contribution >= 0.6 is 12.4 Å². The van der Waals surface area contributed by atoms with Gasteiger partial charge >= 0.3 is 0 Å². The minimum absolute atomic E-state index is 0. The standard InChI is InChI=1S/C4H12N2O2S.ClH/c5-3-1-2-4-9(6,7)8;/h1-5H2,(H2,6,7,8);1H. The van der Waals surface area contributed by atoms with Crippen LogP contribution in [-0.4, -0.2) is 20.7 Å². The minimum atomic E-state index is -3.25. The molecule has 0 aliphatic heterocycles. The van der Waals surface area contributed by atoms with E-state index in [0.29, 0.717) is 13.0 Å². The van der Waals surface area contributed by atoms with Gasteiger partial charge in [-0.15, -0.1) is 12.4 Å². The van der Waals surface area contributed by atoms with Gasteiger partial charge in [0, 0.05) is 0 Å². The van der Waals surface area contributed by atoms with Gasteiger partial charge in [0.25, 0.3) is 0 Å². The molecule has 0 heterocycles. The highest BCUT2D eigenvalue weighted by Crippen LogP contribution is 1.88.